The molecule has 4 aromatic rings. The lowest BCUT2D eigenvalue weighted by Gasteiger charge is -2.05. The van der Waals surface area contributed by atoms with Crippen molar-refractivity contribution < 1.29 is 9.18 Å². The van der Waals surface area contributed by atoms with Crippen LogP contribution in [0.5, 0.6) is 0 Å². The fourth-order valence-electron chi connectivity index (χ4n) is 3.06. The number of carbonyl (C=O) groups is 1. The van der Waals surface area contributed by atoms with Crippen LogP contribution in [0, 0.1) is 17.1 Å². The van der Waals surface area contributed by atoms with E-state index in [4.69, 9.17) is 0 Å². The number of para-hydroxylation sites is 1. The van der Waals surface area contributed by atoms with Crippen molar-refractivity contribution in [3.05, 3.63) is 101 Å². The Labute approximate surface area is 182 Å². The van der Waals surface area contributed by atoms with E-state index in [-0.39, 0.29) is 11.3 Å². The third kappa shape index (κ3) is 4.77. The van der Waals surface area contributed by atoms with Crippen molar-refractivity contribution >= 4 is 29.0 Å². The smallest absolute Gasteiger partial charge is 0.266 e. The number of amides is 1. The van der Waals surface area contributed by atoms with Crippen molar-refractivity contribution in [3.63, 3.8) is 0 Å². The van der Waals surface area contributed by atoms with Gasteiger partial charge in [0.05, 0.1) is 17.1 Å². The van der Waals surface area contributed by atoms with E-state index in [0.29, 0.717) is 17.8 Å². The van der Waals surface area contributed by atoms with Gasteiger partial charge in [-0.3, -0.25) is 9.48 Å². The summed E-state index contributed by atoms with van der Waals surface area (Å²) in [6.07, 6.45) is 3.29. The summed E-state index contributed by atoms with van der Waals surface area (Å²) in [6, 6.07) is 21.5. The number of carbonyl (C=O) groups excluding carboxylic acids is 1. The third-order valence-corrected chi connectivity index (χ3v) is 5.40. The molecule has 2 aromatic carbocycles. The van der Waals surface area contributed by atoms with E-state index in [0.717, 1.165) is 10.4 Å². The highest BCUT2D eigenvalue weighted by Crippen LogP contribution is 2.28. The number of nitriles is 1. The highest BCUT2D eigenvalue weighted by atomic mass is 32.1. The van der Waals surface area contributed by atoms with Gasteiger partial charge in [-0.25, -0.2) is 4.39 Å². The van der Waals surface area contributed by atoms with Gasteiger partial charge in [0.15, 0.2) is 0 Å². The van der Waals surface area contributed by atoms with Crippen molar-refractivity contribution in [2.24, 2.45) is 0 Å². The standard InChI is InChI=1S/C24H17FN4OS/c25-20-9-4-5-10-21(20)27-24(30)18(14-26)13-19-16-29(15-17-7-2-1-3-8-17)28-23(19)22-11-6-12-31-22/h1-13,16H,15H2,(H,27,30)/b18-13+. The molecule has 2 aromatic heterocycles. The van der Waals surface area contributed by atoms with Gasteiger partial charge in [0.1, 0.15) is 23.2 Å². The van der Waals surface area contributed by atoms with Crippen LogP contribution in [0.2, 0.25) is 0 Å². The predicted molar refractivity (Wildman–Crippen MR) is 120 cm³/mol. The topological polar surface area (TPSA) is 70.7 Å². The molecule has 4 rings (SSSR count). The summed E-state index contributed by atoms with van der Waals surface area (Å²) in [7, 11) is 0. The summed E-state index contributed by atoms with van der Waals surface area (Å²) in [5, 5.41) is 18.6. The number of nitrogens with zero attached hydrogens (tertiary/aromatic N) is 3. The molecule has 0 atom stereocenters. The number of nitrogens with one attached hydrogen (secondary N) is 1. The molecule has 0 spiro atoms. The fraction of sp³-hybridized carbons (Fsp3) is 0.0417. The first-order valence-electron chi connectivity index (χ1n) is 9.47. The number of thiophene rings is 1. The second kappa shape index (κ2) is 9.20. The van der Waals surface area contributed by atoms with Crippen LogP contribution in [0.3, 0.4) is 0 Å². The molecule has 1 N–H and O–H groups in total. The van der Waals surface area contributed by atoms with Gasteiger partial charge >= 0.3 is 0 Å². The van der Waals surface area contributed by atoms with Gasteiger partial charge in [-0.15, -0.1) is 11.3 Å². The molecule has 0 aliphatic heterocycles. The molecular formula is C24H17FN4OS. The second-order valence-electron chi connectivity index (χ2n) is 6.70. The van der Waals surface area contributed by atoms with E-state index in [2.05, 4.69) is 10.4 Å². The van der Waals surface area contributed by atoms with Crippen LogP contribution in [0.1, 0.15) is 11.1 Å². The average Bonchev–Trinajstić information content (AvgIpc) is 3.44. The highest BCUT2D eigenvalue weighted by molar-refractivity contribution is 7.13. The third-order valence-electron chi connectivity index (χ3n) is 4.52. The summed E-state index contributed by atoms with van der Waals surface area (Å²) >= 11 is 1.52. The van der Waals surface area contributed by atoms with Gasteiger partial charge in [0.25, 0.3) is 5.91 Å². The van der Waals surface area contributed by atoms with Gasteiger partial charge in [-0.1, -0.05) is 48.5 Å². The molecule has 31 heavy (non-hydrogen) atoms. The van der Waals surface area contributed by atoms with Gasteiger partial charge < -0.3 is 5.32 Å². The lowest BCUT2D eigenvalue weighted by Crippen LogP contribution is -2.14. The zero-order valence-corrected chi connectivity index (χ0v) is 17.1. The number of halogens is 1. The number of benzene rings is 2. The molecule has 0 bridgehead atoms. The minimum atomic E-state index is -0.680. The maximum absolute atomic E-state index is 13.9. The zero-order valence-electron chi connectivity index (χ0n) is 16.3. The van der Waals surface area contributed by atoms with E-state index in [9.17, 15) is 14.4 Å². The quantitative estimate of drug-likeness (QED) is 0.333. The van der Waals surface area contributed by atoms with E-state index in [1.165, 1.54) is 35.6 Å². The first-order chi connectivity index (χ1) is 15.1. The van der Waals surface area contributed by atoms with Crippen LogP contribution < -0.4 is 5.32 Å². The van der Waals surface area contributed by atoms with Crippen LogP contribution in [0.25, 0.3) is 16.6 Å². The van der Waals surface area contributed by atoms with E-state index < -0.39 is 11.7 Å². The highest BCUT2D eigenvalue weighted by Gasteiger charge is 2.16. The molecule has 0 saturated carbocycles. The van der Waals surface area contributed by atoms with Crippen LogP contribution >= 0.6 is 11.3 Å². The Morgan fingerprint density at radius 3 is 2.61 bits per heavy atom. The number of anilines is 1. The largest absolute Gasteiger partial charge is 0.319 e. The van der Waals surface area contributed by atoms with Gasteiger partial charge in [-0.05, 0) is 35.2 Å². The molecule has 7 heteroatoms. The van der Waals surface area contributed by atoms with Crippen LogP contribution in [-0.4, -0.2) is 15.7 Å². The number of hydrogen-bond donors (Lipinski definition) is 1. The number of hydrogen-bond acceptors (Lipinski definition) is 4. The fourth-order valence-corrected chi connectivity index (χ4v) is 3.79. The van der Waals surface area contributed by atoms with Crippen LogP contribution in [-0.2, 0) is 11.3 Å². The van der Waals surface area contributed by atoms with E-state index in [1.54, 1.807) is 16.9 Å². The molecule has 0 radical (unpaired) electrons. The first kappa shape index (κ1) is 20.3. The van der Waals surface area contributed by atoms with Crippen molar-refractivity contribution in [3.8, 4) is 16.6 Å². The molecule has 2 heterocycles. The Bertz CT molecular complexity index is 1270. The Morgan fingerprint density at radius 2 is 1.90 bits per heavy atom. The molecule has 0 aliphatic rings. The molecule has 0 saturated heterocycles. The lowest BCUT2D eigenvalue weighted by atomic mass is 10.1. The first-order valence-corrected chi connectivity index (χ1v) is 10.3. The maximum Gasteiger partial charge on any atom is 0.266 e. The molecule has 0 unspecified atom stereocenters. The predicted octanol–water partition coefficient (Wildman–Crippen LogP) is 5.34. The minimum Gasteiger partial charge on any atom is -0.319 e. The Hall–Kier alpha value is -4.02. The van der Waals surface area contributed by atoms with Crippen molar-refractivity contribution in [2.45, 2.75) is 6.54 Å². The molecule has 0 aliphatic carbocycles. The van der Waals surface area contributed by atoms with Gasteiger partial charge in [-0.2, -0.15) is 10.4 Å². The Kier molecular flexibility index (Phi) is 6.01. The maximum atomic E-state index is 13.9. The summed E-state index contributed by atoms with van der Waals surface area (Å²) in [6.45, 7) is 0.552. The molecule has 1 amide bonds. The summed E-state index contributed by atoms with van der Waals surface area (Å²) in [5.41, 5.74) is 2.28. The molecular weight excluding hydrogens is 411 g/mol. The molecule has 152 valence electrons. The van der Waals surface area contributed by atoms with Crippen LogP contribution in [0.15, 0.2) is 83.9 Å². The summed E-state index contributed by atoms with van der Waals surface area (Å²) in [5.74, 6) is -1.25. The minimum absolute atomic E-state index is 0.0203. The van der Waals surface area contributed by atoms with Crippen LogP contribution in [0.4, 0.5) is 10.1 Å². The average molecular weight is 428 g/mol. The Balaban J connectivity index is 1.67. The van der Waals surface area contributed by atoms with E-state index in [1.807, 2.05) is 53.9 Å². The number of rotatable bonds is 6. The second-order valence-corrected chi connectivity index (χ2v) is 7.65. The lowest BCUT2D eigenvalue weighted by molar-refractivity contribution is -0.112. The number of aromatic nitrogens is 2. The van der Waals surface area contributed by atoms with Gasteiger partial charge in [0.2, 0.25) is 0 Å². The van der Waals surface area contributed by atoms with Gasteiger partial charge in [0, 0.05) is 11.8 Å². The monoisotopic (exact) mass is 428 g/mol. The molecule has 5 nitrogen and oxygen atoms in total. The van der Waals surface area contributed by atoms with Crippen molar-refractivity contribution in [1.29, 1.82) is 5.26 Å². The SMILES string of the molecule is N#C/C(=C\c1cn(Cc2ccccc2)nc1-c1cccs1)C(=O)Nc1ccccc1F. The Morgan fingerprint density at radius 1 is 1.13 bits per heavy atom. The summed E-state index contributed by atoms with van der Waals surface area (Å²) < 4.78 is 15.7. The van der Waals surface area contributed by atoms with Crippen molar-refractivity contribution in [1.82, 2.24) is 9.78 Å². The molecule has 0 fully saturated rings. The van der Waals surface area contributed by atoms with Crippen molar-refractivity contribution in [2.75, 3.05) is 5.32 Å². The summed E-state index contributed by atoms with van der Waals surface area (Å²) in [4.78, 5) is 13.5. The van der Waals surface area contributed by atoms with E-state index >= 15 is 0 Å². The normalized spacial score (nSPS) is 11.2. The zero-order chi connectivity index (χ0) is 21.6.